The summed E-state index contributed by atoms with van der Waals surface area (Å²) in [5.74, 6) is -2.14. The van der Waals surface area contributed by atoms with Gasteiger partial charge in [0, 0.05) is 5.92 Å². The molecule has 1 saturated heterocycles. The summed E-state index contributed by atoms with van der Waals surface area (Å²) in [4.78, 5) is 10.8. The number of esters is 1. The van der Waals surface area contributed by atoms with E-state index in [1.165, 1.54) is 7.11 Å². The minimum atomic E-state index is -5.38. The van der Waals surface area contributed by atoms with Crippen LogP contribution in [0.15, 0.2) is 0 Å². The molecule has 0 N–H and O–H groups in total. The largest absolute Gasteiger partial charge is 0.469 e. The third-order valence-electron chi connectivity index (χ3n) is 6.10. The first-order chi connectivity index (χ1) is 11.7. The van der Waals surface area contributed by atoms with Crippen LogP contribution in [0.1, 0.15) is 46.5 Å². The van der Waals surface area contributed by atoms with E-state index in [0.29, 0.717) is 19.3 Å². The Bertz CT molecular complexity index is 524. The van der Waals surface area contributed by atoms with Crippen molar-refractivity contribution >= 4 is 5.97 Å². The minimum absolute atomic E-state index is 0.108. The van der Waals surface area contributed by atoms with Crippen LogP contribution in [-0.4, -0.2) is 37.1 Å². The molecule has 0 spiro atoms. The Morgan fingerprint density at radius 2 is 1.58 bits per heavy atom. The standard InChI is InChI=1S/C10H10F6O.C7H14O2/c11-9(12,13)8(10(14,15)16)6-4-1-2-5(3-4)7(6)17-8;1-5-7(2,3)6(8)9-4/h4-7H,1-3H2;5H2,1-4H3. The minimum Gasteiger partial charge on any atom is -0.469 e. The van der Waals surface area contributed by atoms with Gasteiger partial charge in [-0.2, -0.15) is 26.3 Å². The van der Waals surface area contributed by atoms with Crippen molar-refractivity contribution in [2.24, 2.45) is 23.2 Å². The monoisotopic (exact) mass is 390 g/mol. The maximum Gasteiger partial charge on any atom is 0.426 e. The lowest BCUT2D eigenvalue weighted by atomic mass is 9.68. The van der Waals surface area contributed by atoms with Crippen LogP contribution in [0.3, 0.4) is 0 Å². The number of halogens is 6. The number of rotatable bonds is 2. The molecular weight excluding hydrogens is 366 g/mol. The van der Waals surface area contributed by atoms with Gasteiger partial charge in [-0.05, 0) is 51.4 Å². The molecule has 4 atom stereocenters. The zero-order chi connectivity index (χ0) is 20.1. The predicted molar refractivity (Wildman–Crippen MR) is 80.1 cm³/mol. The Morgan fingerprint density at radius 3 is 1.92 bits per heavy atom. The lowest BCUT2D eigenvalue weighted by Gasteiger charge is -2.56. The maximum absolute atomic E-state index is 12.8. The third kappa shape index (κ3) is 3.10. The van der Waals surface area contributed by atoms with Crippen LogP contribution >= 0.6 is 0 Å². The van der Waals surface area contributed by atoms with Gasteiger partial charge in [0.1, 0.15) is 0 Å². The van der Waals surface area contributed by atoms with E-state index in [4.69, 9.17) is 0 Å². The van der Waals surface area contributed by atoms with E-state index in [1.54, 1.807) is 0 Å². The third-order valence-corrected chi connectivity index (χ3v) is 6.10. The van der Waals surface area contributed by atoms with Crippen LogP contribution in [0.5, 0.6) is 0 Å². The fourth-order valence-electron chi connectivity index (χ4n) is 4.29. The molecule has 0 aromatic carbocycles. The molecule has 2 saturated carbocycles. The van der Waals surface area contributed by atoms with Crippen molar-refractivity contribution in [3.8, 4) is 0 Å². The van der Waals surface area contributed by atoms with Gasteiger partial charge >= 0.3 is 18.3 Å². The first-order valence-electron chi connectivity index (χ1n) is 8.62. The molecule has 2 bridgehead atoms. The smallest absolute Gasteiger partial charge is 0.426 e. The van der Waals surface area contributed by atoms with Gasteiger partial charge in [0.05, 0.1) is 18.6 Å². The molecule has 0 aromatic heterocycles. The van der Waals surface area contributed by atoms with Gasteiger partial charge in [0.15, 0.2) is 0 Å². The first kappa shape index (κ1) is 21.3. The van der Waals surface area contributed by atoms with Gasteiger partial charge in [0.2, 0.25) is 0 Å². The fourth-order valence-corrected chi connectivity index (χ4v) is 4.29. The molecule has 26 heavy (non-hydrogen) atoms. The van der Waals surface area contributed by atoms with Crippen LogP contribution < -0.4 is 0 Å². The molecule has 3 aliphatic rings. The Morgan fingerprint density at radius 1 is 1.08 bits per heavy atom. The lowest BCUT2D eigenvalue weighted by molar-refractivity contribution is -0.470. The highest BCUT2D eigenvalue weighted by atomic mass is 19.4. The Kier molecular flexibility index (Phi) is 5.38. The molecule has 0 aromatic rings. The number of alkyl halides is 6. The summed E-state index contributed by atoms with van der Waals surface area (Å²) < 4.78 is 85.5. The quantitative estimate of drug-likeness (QED) is 0.498. The van der Waals surface area contributed by atoms with Crippen LogP contribution in [0.2, 0.25) is 0 Å². The summed E-state index contributed by atoms with van der Waals surface area (Å²) in [5.41, 5.74) is -4.21. The molecule has 4 unspecified atom stereocenters. The molecule has 0 amide bonds. The second-order valence-corrected chi connectivity index (χ2v) is 7.90. The van der Waals surface area contributed by atoms with E-state index in [0.717, 1.165) is 6.42 Å². The zero-order valence-corrected chi connectivity index (χ0v) is 15.1. The van der Waals surface area contributed by atoms with E-state index >= 15 is 0 Å². The van der Waals surface area contributed by atoms with E-state index in [9.17, 15) is 31.1 Å². The average molecular weight is 390 g/mol. The Labute approximate surface area is 148 Å². The molecular formula is C17H24F6O3. The number of carbonyl (C=O) groups is 1. The SMILES string of the molecule is CCC(C)(C)C(=O)OC.FC(F)(F)C1(C(F)(F)F)OC2C3CCC(C3)C21. The summed E-state index contributed by atoms with van der Waals surface area (Å²) in [5, 5.41) is 0. The number of methoxy groups -OCH3 is 1. The molecule has 9 heteroatoms. The Hall–Kier alpha value is -0.990. The van der Waals surface area contributed by atoms with Crippen molar-refractivity contribution in [3.63, 3.8) is 0 Å². The van der Waals surface area contributed by atoms with Gasteiger partial charge in [-0.3, -0.25) is 4.79 Å². The van der Waals surface area contributed by atoms with E-state index in [2.05, 4.69) is 9.47 Å². The zero-order valence-electron chi connectivity index (χ0n) is 15.1. The number of ether oxygens (including phenoxy) is 2. The van der Waals surface area contributed by atoms with Gasteiger partial charge < -0.3 is 9.47 Å². The van der Waals surface area contributed by atoms with Crippen LogP contribution in [0.4, 0.5) is 26.3 Å². The number of hydrogen-bond donors (Lipinski definition) is 0. The molecule has 0 radical (unpaired) electrons. The molecule has 3 fully saturated rings. The van der Waals surface area contributed by atoms with Crippen LogP contribution in [0, 0.1) is 23.2 Å². The second-order valence-electron chi connectivity index (χ2n) is 7.90. The topological polar surface area (TPSA) is 35.5 Å². The van der Waals surface area contributed by atoms with Crippen molar-refractivity contribution in [3.05, 3.63) is 0 Å². The number of fused-ring (bicyclic) bond motifs is 5. The Balaban J connectivity index is 0.000000232. The fraction of sp³-hybridized carbons (Fsp3) is 0.941. The van der Waals surface area contributed by atoms with Crippen molar-refractivity contribution in [2.45, 2.75) is 70.5 Å². The highest BCUT2D eigenvalue weighted by Crippen LogP contribution is 2.69. The maximum atomic E-state index is 12.8. The van der Waals surface area contributed by atoms with Crippen molar-refractivity contribution < 1.29 is 40.6 Å². The molecule has 3 rings (SSSR count). The summed E-state index contributed by atoms with van der Waals surface area (Å²) in [7, 11) is 1.42. The van der Waals surface area contributed by atoms with E-state index < -0.39 is 35.9 Å². The molecule has 152 valence electrons. The number of carbonyl (C=O) groups excluding carboxylic acids is 1. The van der Waals surface area contributed by atoms with E-state index in [-0.39, 0.29) is 17.3 Å². The summed E-state index contributed by atoms with van der Waals surface area (Å²) in [6, 6.07) is 0. The van der Waals surface area contributed by atoms with Crippen LogP contribution in [-0.2, 0) is 14.3 Å². The normalized spacial score (nSPS) is 32.2. The average Bonchev–Trinajstić information content (AvgIpc) is 3.01. The second kappa shape index (κ2) is 6.56. The summed E-state index contributed by atoms with van der Waals surface area (Å²) >= 11 is 0. The number of hydrogen-bond acceptors (Lipinski definition) is 3. The predicted octanol–water partition coefficient (Wildman–Crippen LogP) is 4.89. The lowest BCUT2D eigenvalue weighted by Crippen LogP contribution is -2.75. The van der Waals surface area contributed by atoms with Gasteiger partial charge in [-0.1, -0.05) is 6.92 Å². The molecule has 2 aliphatic carbocycles. The van der Waals surface area contributed by atoms with Crippen molar-refractivity contribution in [2.75, 3.05) is 7.11 Å². The molecule has 1 aliphatic heterocycles. The van der Waals surface area contributed by atoms with E-state index in [1.807, 2.05) is 20.8 Å². The van der Waals surface area contributed by atoms with Gasteiger partial charge in [0.25, 0.3) is 5.60 Å². The van der Waals surface area contributed by atoms with Crippen molar-refractivity contribution in [1.82, 2.24) is 0 Å². The van der Waals surface area contributed by atoms with Crippen molar-refractivity contribution in [1.29, 1.82) is 0 Å². The molecule has 3 nitrogen and oxygen atoms in total. The summed E-state index contributed by atoms with van der Waals surface area (Å²) in [6.07, 6.45) is -9.17. The highest BCUT2D eigenvalue weighted by molar-refractivity contribution is 5.75. The van der Waals surface area contributed by atoms with Gasteiger partial charge in [-0.25, -0.2) is 0 Å². The highest BCUT2D eigenvalue weighted by Gasteiger charge is 2.86. The van der Waals surface area contributed by atoms with Gasteiger partial charge in [-0.15, -0.1) is 0 Å². The molecule has 1 heterocycles. The van der Waals surface area contributed by atoms with Crippen LogP contribution in [0.25, 0.3) is 0 Å². The summed E-state index contributed by atoms with van der Waals surface area (Å²) in [6.45, 7) is 5.72. The first-order valence-corrected chi connectivity index (χ1v) is 8.62.